The molecule has 2 aromatic rings. The van der Waals surface area contributed by atoms with Crippen LogP contribution in [0.15, 0.2) is 24.3 Å². The lowest BCUT2D eigenvalue weighted by Gasteiger charge is -2.30. The lowest BCUT2D eigenvalue weighted by molar-refractivity contribution is -0.202. The van der Waals surface area contributed by atoms with Gasteiger partial charge >= 0.3 is 18.1 Å². The number of anilines is 1. The van der Waals surface area contributed by atoms with Crippen molar-refractivity contribution in [3.63, 3.8) is 0 Å². The van der Waals surface area contributed by atoms with Gasteiger partial charge in [-0.1, -0.05) is 20.8 Å². The van der Waals surface area contributed by atoms with Crippen molar-refractivity contribution in [3.8, 4) is 11.5 Å². The van der Waals surface area contributed by atoms with Gasteiger partial charge in [0.1, 0.15) is 17.3 Å². The molecule has 0 fully saturated rings. The second kappa shape index (κ2) is 14.2. The van der Waals surface area contributed by atoms with Gasteiger partial charge in [0.15, 0.2) is 12.4 Å². The smallest absolute Gasteiger partial charge is 0.491 e. The summed E-state index contributed by atoms with van der Waals surface area (Å²) in [6.07, 6.45) is -4.53. The van der Waals surface area contributed by atoms with Crippen molar-refractivity contribution < 1.29 is 55.0 Å². The zero-order valence-electron chi connectivity index (χ0n) is 27.5. The average molecular weight is 699 g/mol. The number of amidine groups is 1. The number of Topliss-reactive ketones (excluding diaryl/α,β-unsaturated/α-hetero) is 1. The molecule has 48 heavy (non-hydrogen) atoms. The van der Waals surface area contributed by atoms with Crippen LogP contribution in [0, 0.1) is 5.41 Å². The van der Waals surface area contributed by atoms with Crippen LogP contribution in [-0.2, 0) is 36.3 Å². The molecule has 2 N–H and O–H groups in total. The van der Waals surface area contributed by atoms with Crippen LogP contribution in [0.4, 0.5) is 18.9 Å². The van der Waals surface area contributed by atoms with E-state index in [1.54, 1.807) is 33.8 Å². The molecule has 0 atom stereocenters. The van der Waals surface area contributed by atoms with Gasteiger partial charge < -0.3 is 24.4 Å². The number of esters is 2. The third kappa shape index (κ3) is 8.42. The molecule has 0 spiro atoms. The molecule has 3 rings (SSSR count). The number of hydrogen-bond acceptors (Lipinski definition) is 10. The first-order valence-corrected chi connectivity index (χ1v) is 16.5. The topological polar surface area (TPSA) is 172 Å². The zero-order chi connectivity index (χ0) is 36.4. The quantitative estimate of drug-likeness (QED) is 0.190. The number of sulfonamides is 1. The highest BCUT2D eigenvalue weighted by Gasteiger charge is 2.42. The summed E-state index contributed by atoms with van der Waals surface area (Å²) in [5, 5.41) is 11.3. The van der Waals surface area contributed by atoms with Gasteiger partial charge in [-0.05, 0) is 49.1 Å². The fourth-order valence-corrected chi connectivity index (χ4v) is 5.95. The largest absolute Gasteiger partial charge is 0.493 e. The number of carbonyl (C=O) groups is 4. The normalized spacial score (nSPS) is 13.1. The van der Waals surface area contributed by atoms with E-state index in [0.717, 1.165) is 10.6 Å². The summed E-state index contributed by atoms with van der Waals surface area (Å²) >= 11 is 0. The maximum absolute atomic E-state index is 13.8. The SMILES string of the molecule is CCOc1cc2c(cc1C(=O)NC)C(=N)N(CC(=O)c1cc(N(CC)S(C)(=O)=O)c(OCC(=O)OC(=O)C(F)(F)F)c(C(C)(C)C)c1)C2. The molecule has 17 heteroatoms. The lowest BCUT2D eigenvalue weighted by Crippen LogP contribution is -2.33. The van der Waals surface area contributed by atoms with Crippen LogP contribution < -0.4 is 19.1 Å². The van der Waals surface area contributed by atoms with E-state index in [1.165, 1.54) is 37.1 Å². The number of alkyl halides is 3. The summed E-state index contributed by atoms with van der Waals surface area (Å²) in [5.74, 6) is -5.30. The number of fused-ring (bicyclic) bond motifs is 1. The third-order valence-corrected chi connectivity index (χ3v) is 8.43. The van der Waals surface area contributed by atoms with Gasteiger partial charge in [0.05, 0.1) is 30.7 Å². The van der Waals surface area contributed by atoms with Crippen molar-refractivity contribution in [1.82, 2.24) is 10.2 Å². The molecule has 0 saturated heterocycles. The second-order valence-corrected chi connectivity index (χ2v) is 13.7. The van der Waals surface area contributed by atoms with Crippen molar-refractivity contribution in [3.05, 3.63) is 52.1 Å². The molecule has 2 aromatic carbocycles. The standard InChI is InChI=1S/C31H37F3N4O9S/c1-8-38(48(7,43)44)22-11-17(10-21(30(3,4)5)26(22)46-16-25(40)47-29(42)31(32,33)34)23(39)15-37-14-18-12-24(45-9-2)20(28(41)36-6)13-19(18)27(37)35/h10-13,35H,8-9,14-16H2,1-7H3,(H,36,41). The van der Waals surface area contributed by atoms with Gasteiger partial charge in [0.25, 0.3) is 5.91 Å². The summed E-state index contributed by atoms with van der Waals surface area (Å²) < 4.78 is 79.3. The van der Waals surface area contributed by atoms with Crippen LogP contribution in [0.2, 0.25) is 0 Å². The van der Waals surface area contributed by atoms with Gasteiger partial charge in [0, 0.05) is 36.8 Å². The van der Waals surface area contributed by atoms with E-state index in [4.69, 9.17) is 14.9 Å². The van der Waals surface area contributed by atoms with Crippen molar-refractivity contribution in [1.29, 1.82) is 5.41 Å². The van der Waals surface area contributed by atoms with Gasteiger partial charge in [-0.15, -0.1) is 0 Å². The first-order valence-electron chi connectivity index (χ1n) is 14.6. The molecule has 1 heterocycles. The van der Waals surface area contributed by atoms with Gasteiger partial charge in [-0.3, -0.25) is 19.3 Å². The highest BCUT2D eigenvalue weighted by Crippen LogP contribution is 2.41. The number of nitrogens with zero attached hydrogens (tertiary/aromatic N) is 2. The maximum Gasteiger partial charge on any atom is 0.491 e. The number of ether oxygens (including phenoxy) is 3. The minimum Gasteiger partial charge on any atom is -0.493 e. The summed E-state index contributed by atoms with van der Waals surface area (Å²) in [5.41, 5.74) is 0.468. The van der Waals surface area contributed by atoms with Crippen LogP contribution in [0.5, 0.6) is 11.5 Å². The number of nitrogens with one attached hydrogen (secondary N) is 2. The average Bonchev–Trinajstić information content (AvgIpc) is 3.27. The van der Waals surface area contributed by atoms with Gasteiger partial charge in [-0.2, -0.15) is 13.2 Å². The monoisotopic (exact) mass is 698 g/mol. The minimum absolute atomic E-state index is 0.0176. The number of amides is 1. The molecule has 1 aliphatic rings. The summed E-state index contributed by atoms with van der Waals surface area (Å²) in [4.78, 5) is 51.0. The fraction of sp³-hybridized carbons (Fsp3) is 0.452. The summed E-state index contributed by atoms with van der Waals surface area (Å²) in [6, 6.07) is 5.79. The number of ketones is 1. The number of halogens is 3. The Labute approximate surface area is 275 Å². The van der Waals surface area contributed by atoms with Crippen LogP contribution in [0.25, 0.3) is 0 Å². The molecule has 0 radical (unpaired) electrons. The molecule has 1 aliphatic heterocycles. The second-order valence-electron chi connectivity index (χ2n) is 11.7. The highest BCUT2D eigenvalue weighted by atomic mass is 32.2. The van der Waals surface area contributed by atoms with Crippen molar-refractivity contribution in [2.24, 2.45) is 0 Å². The van der Waals surface area contributed by atoms with Gasteiger partial charge in [0.2, 0.25) is 10.0 Å². The molecule has 0 unspecified atom stereocenters. The number of carbonyl (C=O) groups excluding carboxylic acids is 4. The predicted octanol–water partition coefficient (Wildman–Crippen LogP) is 3.56. The fourth-order valence-electron chi connectivity index (χ4n) is 4.99. The van der Waals surface area contributed by atoms with Gasteiger partial charge in [-0.25, -0.2) is 18.0 Å². The Morgan fingerprint density at radius 2 is 1.69 bits per heavy atom. The minimum atomic E-state index is -5.43. The van der Waals surface area contributed by atoms with Crippen LogP contribution >= 0.6 is 0 Å². The molecule has 13 nitrogen and oxygen atoms in total. The first-order chi connectivity index (χ1) is 22.1. The number of rotatable bonds is 12. The van der Waals surface area contributed by atoms with Crippen LogP contribution in [0.1, 0.15) is 72.0 Å². The Morgan fingerprint density at radius 3 is 2.21 bits per heavy atom. The molecule has 0 aromatic heterocycles. The summed E-state index contributed by atoms with van der Waals surface area (Å²) in [7, 11) is -2.57. The molecular formula is C31H37F3N4O9S. The van der Waals surface area contributed by atoms with E-state index in [-0.39, 0.29) is 60.2 Å². The predicted molar refractivity (Wildman–Crippen MR) is 168 cm³/mol. The zero-order valence-corrected chi connectivity index (χ0v) is 28.3. The number of hydrogen-bond donors (Lipinski definition) is 2. The number of benzene rings is 2. The maximum atomic E-state index is 13.8. The molecule has 1 amide bonds. The van der Waals surface area contributed by atoms with E-state index in [1.807, 2.05) is 0 Å². The summed E-state index contributed by atoms with van der Waals surface area (Å²) in [6.45, 7) is 7.10. The molecule has 0 saturated carbocycles. The van der Waals surface area contributed by atoms with Crippen molar-refractivity contribution in [2.75, 3.05) is 43.9 Å². The highest BCUT2D eigenvalue weighted by molar-refractivity contribution is 7.92. The molecule has 262 valence electrons. The van der Waals surface area contributed by atoms with E-state index >= 15 is 0 Å². The molecule has 0 aliphatic carbocycles. The third-order valence-electron chi connectivity index (χ3n) is 7.17. The Kier molecular flexibility index (Phi) is 11.2. The molecular weight excluding hydrogens is 661 g/mol. The van der Waals surface area contributed by atoms with E-state index in [2.05, 4.69) is 10.1 Å². The van der Waals surface area contributed by atoms with Crippen LogP contribution in [-0.4, -0.2) is 88.6 Å². The Balaban J connectivity index is 2.05. The molecule has 0 bridgehead atoms. The van der Waals surface area contributed by atoms with Crippen molar-refractivity contribution in [2.45, 2.75) is 52.8 Å². The Hall–Kier alpha value is -4.67. The van der Waals surface area contributed by atoms with Crippen molar-refractivity contribution >= 4 is 45.2 Å². The van der Waals surface area contributed by atoms with Crippen LogP contribution in [0.3, 0.4) is 0 Å². The van der Waals surface area contributed by atoms with E-state index in [9.17, 15) is 40.8 Å². The van der Waals surface area contributed by atoms with E-state index in [0.29, 0.717) is 16.9 Å². The lowest BCUT2D eigenvalue weighted by atomic mass is 9.84. The van der Waals surface area contributed by atoms with E-state index < -0.39 is 51.9 Å². The Bertz CT molecular complexity index is 1750. The Morgan fingerprint density at radius 1 is 1.04 bits per heavy atom. The first kappa shape index (κ1) is 37.8.